The summed E-state index contributed by atoms with van der Waals surface area (Å²) in [5.41, 5.74) is 1.60. The van der Waals surface area contributed by atoms with E-state index in [1.165, 1.54) is 0 Å². The van der Waals surface area contributed by atoms with E-state index in [-0.39, 0.29) is 24.0 Å². The van der Waals surface area contributed by atoms with Gasteiger partial charge >= 0.3 is 0 Å². The summed E-state index contributed by atoms with van der Waals surface area (Å²) in [5, 5.41) is 14.4. The summed E-state index contributed by atoms with van der Waals surface area (Å²) in [6.07, 6.45) is 5.81. The van der Waals surface area contributed by atoms with Crippen molar-refractivity contribution in [3.63, 3.8) is 0 Å². The summed E-state index contributed by atoms with van der Waals surface area (Å²) in [6.45, 7) is 5.50. The molecule has 1 aromatic carbocycles. The SMILES string of the molecule is COc1cccc(CC2(CO)CCN(C(=O)c3cnn(C(C)C)c3)CC2)c1. The Bertz CT molecular complexity index is 776. The maximum Gasteiger partial charge on any atom is 0.257 e. The zero-order chi connectivity index (χ0) is 19.4. The Morgan fingerprint density at radius 1 is 1.33 bits per heavy atom. The van der Waals surface area contributed by atoms with Gasteiger partial charge in [0.1, 0.15) is 5.75 Å². The number of amides is 1. The number of aliphatic hydroxyl groups is 1. The lowest BCUT2D eigenvalue weighted by Gasteiger charge is -2.41. The number of hydrogen-bond acceptors (Lipinski definition) is 4. The lowest BCUT2D eigenvalue weighted by Crippen LogP contribution is -2.45. The highest BCUT2D eigenvalue weighted by Crippen LogP contribution is 2.35. The topological polar surface area (TPSA) is 67.6 Å². The van der Waals surface area contributed by atoms with Gasteiger partial charge in [-0.05, 0) is 50.8 Å². The molecule has 1 saturated heterocycles. The van der Waals surface area contributed by atoms with Gasteiger partial charge in [-0.3, -0.25) is 9.48 Å². The molecule has 0 spiro atoms. The number of rotatable bonds is 6. The lowest BCUT2D eigenvalue weighted by atomic mass is 9.74. The molecule has 0 aliphatic carbocycles. The summed E-state index contributed by atoms with van der Waals surface area (Å²) >= 11 is 0. The molecule has 1 N–H and O–H groups in total. The quantitative estimate of drug-likeness (QED) is 0.848. The minimum atomic E-state index is -0.189. The predicted octanol–water partition coefficient (Wildman–Crippen LogP) is 2.93. The normalized spacial score (nSPS) is 16.6. The van der Waals surface area contributed by atoms with Crippen molar-refractivity contribution in [2.45, 2.75) is 39.2 Å². The number of aromatic nitrogens is 2. The maximum atomic E-state index is 12.8. The molecule has 0 saturated carbocycles. The van der Waals surface area contributed by atoms with E-state index in [9.17, 15) is 9.90 Å². The number of piperidine rings is 1. The first kappa shape index (κ1) is 19.4. The highest BCUT2D eigenvalue weighted by Gasteiger charge is 2.36. The van der Waals surface area contributed by atoms with E-state index in [4.69, 9.17) is 4.74 Å². The number of ether oxygens (including phenoxy) is 1. The van der Waals surface area contributed by atoms with Crippen LogP contribution in [0.15, 0.2) is 36.7 Å². The number of aliphatic hydroxyl groups excluding tert-OH is 1. The molecule has 3 rings (SSSR count). The first-order valence-electron chi connectivity index (χ1n) is 9.53. The van der Waals surface area contributed by atoms with Crippen LogP contribution in [0, 0.1) is 5.41 Å². The minimum Gasteiger partial charge on any atom is -0.497 e. The van der Waals surface area contributed by atoms with Crippen LogP contribution >= 0.6 is 0 Å². The molecule has 1 amide bonds. The first-order valence-corrected chi connectivity index (χ1v) is 9.53. The first-order chi connectivity index (χ1) is 13.0. The third-order valence-electron chi connectivity index (χ3n) is 5.54. The van der Waals surface area contributed by atoms with Crippen LogP contribution in [0.1, 0.15) is 48.7 Å². The molecule has 0 atom stereocenters. The fourth-order valence-corrected chi connectivity index (χ4v) is 3.70. The Balaban J connectivity index is 1.65. The highest BCUT2D eigenvalue weighted by molar-refractivity contribution is 5.93. The average molecular weight is 371 g/mol. The molecule has 2 aromatic rings. The van der Waals surface area contributed by atoms with Gasteiger partial charge in [-0.1, -0.05) is 12.1 Å². The van der Waals surface area contributed by atoms with Crippen molar-refractivity contribution in [1.29, 1.82) is 0 Å². The number of nitrogens with zero attached hydrogens (tertiary/aromatic N) is 3. The van der Waals surface area contributed by atoms with E-state index in [1.54, 1.807) is 18.0 Å². The van der Waals surface area contributed by atoms with Crippen molar-refractivity contribution in [3.05, 3.63) is 47.8 Å². The Labute approximate surface area is 160 Å². The monoisotopic (exact) mass is 371 g/mol. The molecule has 1 aromatic heterocycles. The van der Waals surface area contributed by atoms with E-state index < -0.39 is 0 Å². The van der Waals surface area contributed by atoms with Gasteiger partial charge in [0.15, 0.2) is 0 Å². The van der Waals surface area contributed by atoms with Gasteiger partial charge in [0.05, 0.1) is 18.9 Å². The van der Waals surface area contributed by atoms with Gasteiger partial charge in [0.2, 0.25) is 0 Å². The highest BCUT2D eigenvalue weighted by atomic mass is 16.5. The van der Waals surface area contributed by atoms with Crippen LogP contribution in [0.4, 0.5) is 0 Å². The summed E-state index contributed by atoms with van der Waals surface area (Å²) in [5.74, 6) is 0.852. The Morgan fingerprint density at radius 2 is 2.07 bits per heavy atom. The zero-order valence-corrected chi connectivity index (χ0v) is 16.4. The Kier molecular flexibility index (Phi) is 5.85. The smallest absolute Gasteiger partial charge is 0.257 e. The maximum absolute atomic E-state index is 12.8. The summed E-state index contributed by atoms with van der Waals surface area (Å²) in [4.78, 5) is 14.6. The fourth-order valence-electron chi connectivity index (χ4n) is 3.70. The molecule has 1 aliphatic heterocycles. The number of likely N-dealkylation sites (tertiary alicyclic amines) is 1. The van der Waals surface area contributed by atoms with Crippen LogP contribution in [-0.4, -0.2) is 52.5 Å². The van der Waals surface area contributed by atoms with E-state index in [0.29, 0.717) is 18.7 Å². The summed E-state index contributed by atoms with van der Waals surface area (Å²) < 4.78 is 7.11. The third kappa shape index (κ3) is 4.33. The Morgan fingerprint density at radius 3 is 2.67 bits per heavy atom. The van der Waals surface area contributed by atoms with E-state index in [1.807, 2.05) is 43.1 Å². The van der Waals surface area contributed by atoms with Crippen molar-refractivity contribution in [1.82, 2.24) is 14.7 Å². The molecule has 6 heteroatoms. The van der Waals surface area contributed by atoms with Gasteiger partial charge in [0.25, 0.3) is 5.91 Å². The summed E-state index contributed by atoms with van der Waals surface area (Å²) in [7, 11) is 1.66. The van der Waals surface area contributed by atoms with Gasteiger partial charge < -0.3 is 14.7 Å². The van der Waals surface area contributed by atoms with E-state index >= 15 is 0 Å². The van der Waals surface area contributed by atoms with E-state index in [2.05, 4.69) is 11.2 Å². The van der Waals surface area contributed by atoms with Gasteiger partial charge in [-0.2, -0.15) is 5.10 Å². The lowest BCUT2D eigenvalue weighted by molar-refractivity contribution is 0.0358. The van der Waals surface area contributed by atoms with Crippen LogP contribution in [-0.2, 0) is 6.42 Å². The average Bonchev–Trinajstić information content (AvgIpc) is 3.19. The molecular formula is C21H29N3O3. The second-order valence-corrected chi connectivity index (χ2v) is 7.78. The second kappa shape index (κ2) is 8.13. The van der Waals surface area contributed by atoms with Crippen LogP contribution in [0.2, 0.25) is 0 Å². The molecule has 27 heavy (non-hydrogen) atoms. The molecule has 6 nitrogen and oxygen atoms in total. The van der Waals surface area contributed by atoms with Crippen molar-refractivity contribution in [3.8, 4) is 5.75 Å². The van der Waals surface area contributed by atoms with Crippen molar-refractivity contribution < 1.29 is 14.6 Å². The minimum absolute atomic E-state index is 0.0230. The van der Waals surface area contributed by atoms with E-state index in [0.717, 1.165) is 30.6 Å². The van der Waals surface area contributed by atoms with Gasteiger partial charge in [0, 0.05) is 37.4 Å². The zero-order valence-electron chi connectivity index (χ0n) is 16.4. The van der Waals surface area contributed by atoms with Crippen molar-refractivity contribution in [2.24, 2.45) is 5.41 Å². The largest absolute Gasteiger partial charge is 0.497 e. The summed E-state index contributed by atoms with van der Waals surface area (Å²) in [6, 6.07) is 8.23. The van der Waals surface area contributed by atoms with Crippen molar-refractivity contribution >= 4 is 5.91 Å². The van der Waals surface area contributed by atoms with Gasteiger partial charge in [-0.15, -0.1) is 0 Å². The molecule has 0 bridgehead atoms. The number of benzene rings is 1. The van der Waals surface area contributed by atoms with Crippen LogP contribution < -0.4 is 4.74 Å². The molecule has 0 unspecified atom stereocenters. The van der Waals surface area contributed by atoms with Gasteiger partial charge in [-0.25, -0.2) is 0 Å². The third-order valence-corrected chi connectivity index (χ3v) is 5.54. The van der Waals surface area contributed by atoms with Crippen LogP contribution in [0.3, 0.4) is 0 Å². The standard InChI is InChI=1S/C21H29N3O3/c1-16(2)24-14-18(13-22-24)20(26)23-9-7-21(15-25,8-10-23)12-17-5-4-6-19(11-17)27-3/h4-6,11,13-14,16,25H,7-10,12,15H2,1-3H3. The molecule has 2 heterocycles. The molecule has 146 valence electrons. The van der Waals surface area contributed by atoms with Crippen LogP contribution in [0.25, 0.3) is 0 Å². The number of carbonyl (C=O) groups excluding carboxylic acids is 1. The Hall–Kier alpha value is -2.34. The molecule has 0 radical (unpaired) electrons. The number of hydrogen-bond donors (Lipinski definition) is 1. The van der Waals surface area contributed by atoms with Crippen LogP contribution in [0.5, 0.6) is 5.75 Å². The fraction of sp³-hybridized carbons (Fsp3) is 0.524. The van der Waals surface area contributed by atoms with Crippen molar-refractivity contribution in [2.75, 3.05) is 26.8 Å². The molecule has 1 aliphatic rings. The molecule has 1 fully saturated rings. The predicted molar refractivity (Wildman–Crippen MR) is 104 cm³/mol. The number of carbonyl (C=O) groups is 1. The molecular weight excluding hydrogens is 342 g/mol. The number of methoxy groups -OCH3 is 1. The second-order valence-electron chi connectivity index (χ2n) is 7.78.